The number of anilines is 1. The molecule has 5 rings (SSSR count). The Hall–Kier alpha value is -4.72. The number of benzene rings is 3. The van der Waals surface area contributed by atoms with Crippen molar-refractivity contribution in [1.29, 1.82) is 0 Å². The number of rotatable bonds is 10. The third-order valence-corrected chi connectivity index (χ3v) is 6.34. The standard InChI is InChI=1S/C29H27N5O3/c30-28-25-26(22-10-4-5-11-23(22)33-28)34(18-32-25)17-7-6-12-24(29(31)36)37-21-15-13-20(14-16-21)27(35)19-8-2-1-3-9-19/h1-5,8-11,13-16,18,24H,6-7,12,17H2,(H2,30,33)(H2,31,36). The van der Waals surface area contributed by atoms with Gasteiger partial charge in [-0.05, 0) is 49.6 Å². The quantitative estimate of drug-likeness (QED) is 0.218. The Morgan fingerprint density at radius 3 is 2.35 bits per heavy atom. The summed E-state index contributed by atoms with van der Waals surface area (Å²) in [5.74, 6) is 0.299. The van der Waals surface area contributed by atoms with Gasteiger partial charge in [-0.15, -0.1) is 0 Å². The van der Waals surface area contributed by atoms with Crippen LogP contribution in [0.15, 0.2) is 85.2 Å². The molecule has 4 N–H and O–H groups in total. The number of aryl methyl sites for hydroxylation is 1. The maximum atomic E-state index is 12.6. The summed E-state index contributed by atoms with van der Waals surface area (Å²) in [4.78, 5) is 33.6. The number of ether oxygens (including phenoxy) is 1. The van der Waals surface area contributed by atoms with Crippen LogP contribution in [0.25, 0.3) is 21.9 Å². The van der Waals surface area contributed by atoms with Crippen LogP contribution in [-0.2, 0) is 11.3 Å². The van der Waals surface area contributed by atoms with Crippen LogP contribution in [0.4, 0.5) is 5.82 Å². The van der Waals surface area contributed by atoms with Gasteiger partial charge in [0.2, 0.25) is 0 Å². The first-order valence-electron chi connectivity index (χ1n) is 12.2. The van der Waals surface area contributed by atoms with Crippen LogP contribution in [0.5, 0.6) is 5.75 Å². The lowest BCUT2D eigenvalue weighted by Gasteiger charge is -2.16. The van der Waals surface area contributed by atoms with Crippen molar-refractivity contribution in [3.63, 3.8) is 0 Å². The Morgan fingerprint density at radius 1 is 0.892 bits per heavy atom. The zero-order valence-electron chi connectivity index (χ0n) is 20.2. The number of hydrogen-bond donors (Lipinski definition) is 2. The highest BCUT2D eigenvalue weighted by molar-refractivity contribution is 6.09. The second kappa shape index (κ2) is 10.5. The van der Waals surface area contributed by atoms with Gasteiger partial charge in [0.05, 0.1) is 17.4 Å². The molecule has 0 spiro atoms. The van der Waals surface area contributed by atoms with Gasteiger partial charge in [0.15, 0.2) is 17.7 Å². The molecule has 0 fully saturated rings. The van der Waals surface area contributed by atoms with Crippen LogP contribution < -0.4 is 16.2 Å². The number of fused-ring (bicyclic) bond motifs is 3. The summed E-state index contributed by atoms with van der Waals surface area (Å²) < 4.78 is 7.94. The second-order valence-electron chi connectivity index (χ2n) is 8.87. The van der Waals surface area contributed by atoms with Crippen molar-refractivity contribution in [2.75, 3.05) is 5.73 Å². The van der Waals surface area contributed by atoms with Gasteiger partial charge in [-0.3, -0.25) is 9.59 Å². The van der Waals surface area contributed by atoms with Gasteiger partial charge in [0.1, 0.15) is 11.3 Å². The number of pyridine rings is 1. The number of primary amides is 1. The highest BCUT2D eigenvalue weighted by Crippen LogP contribution is 2.27. The number of carbonyl (C=O) groups is 2. The molecule has 0 saturated carbocycles. The Bertz CT molecular complexity index is 1560. The number of carbonyl (C=O) groups excluding carboxylic acids is 2. The molecule has 186 valence electrons. The van der Waals surface area contributed by atoms with Gasteiger partial charge in [0.25, 0.3) is 5.91 Å². The van der Waals surface area contributed by atoms with Crippen molar-refractivity contribution in [1.82, 2.24) is 14.5 Å². The number of nitrogens with two attached hydrogens (primary N) is 2. The summed E-state index contributed by atoms with van der Waals surface area (Å²) in [5, 5.41) is 0.997. The predicted octanol–water partition coefficient (Wildman–Crippen LogP) is 4.50. The highest BCUT2D eigenvalue weighted by Gasteiger charge is 2.18. The van der Waals surface area contributed by atoms with E-state index >= 15 is 0 Å². The summed E-state index contributed by atoms with van der Waals surface area (Å²) in [5.41, 5.74) is 15.4. The SMILES string of the molecule is NC(=O)C(CCCCn1cnc2c(N)nc3ccccc3c21)Oc1ccc(C(=O)c2ccccc2)cc1. The van der Waals surface area contributed by atoms with Crippen molar-refractivity contribution >= 4 is 39.4 Å². The minimum atomic E-state index is -0.768. The number of aromatic nitrogens is 3. The van der Waals surface area contributed by atoms with Crippen molar-refractivity contribution in [2.45, 2.75) is 31.9 Å². The number of imidazole rings is 1. The van der Waals surface area contributed by atoms with Gasteiger partial charge in [-0.25, -0.2) is 9.97 Å². The Kier molecular flexibility index (Phi) is 6.81. The van der Waals surface area contributed by atoms with Crippen LogP contribution in [0.3, 0.4) is 0 Å². The van der Waals surface area contributed by atoms with E-state index in [1.54, 1.807) is 42.7 Å². The fraction of sp³-hybridized carbons (Fsp3) is 0.172. The molecule has 8 heteroatoms. The minimum absolute atomic E-state index is 0.0732. The van der Waals surface area contributed by atoms with E-state index in [2.05, 4.69) is 14.5 Å². The van der Waals surface area contributed by atoms with Crippen molar-refractivity contribution in [3.8, 4) is 5.75 Å². The van der Waals surface area contributed by atoms with E-state index in [0.717, 1.165) is 29.3 Å². The summed E-state index contributed by atoms with van der Waals surface area (Å²) >= 11 is 0. The summed E-state index contributed by atoms with van der Waals surface area (Å²) in [6.45, 7) is 0.700. The zero-order valence-corrected chi connectivity index (χ0v) is 20.2. The number of hydrogen-bond acceptors (Lipinski definition) is 6. The molecule has 0 aliphatic heterocycles. The lowest BCUT2D eigenvalue weighted by atomic mass is 10.0. The molecule has 1 atom stereocenters. The average Bonchev–Trinajstić information content (AvgIpc) is 3.36. The van der Waals surface area contributed by atoms with Gasteiger partial charge >= 0.3 is 0 Å². The van der Waals surface area contributed by atoms with Gasteiger partial charge in [0, 0.05) is 23.1 Å². The van der Waals surface area contributed by atoms with Gasteiger partial charge in [-0.1, -0.05) is 48.5 Å². The molecular weight excluding hydrogens is 466 g/mol. The average molecular weight is 494 g/mol. The molecule has 5 aromatic rings. The maximum absolute atomic E-state index is 12.6. The molecule has 1 unspecified atom stereocenters. The van der Waals surface area contributed by atoms with Crippen LogP contribution >= 0.6 is 0 Å². The maximum Gasteiger partial charge on any atom is 0.258 e. The topological polar surface area (TPSA) is 126 Å². The van der Waals surface area contributed by atoms with Gasteiger partial charge < -0.3 is 20.8 Å². The lowest BCUT2D eigenvalue weighted by molar-refractivity contribution is -0.125. The van der Waals surface area contributed by atoms with Crippen molar-refractivity contribution in [3.05, 3.63) is 96.3 Å². The number of nitrogens with zero attached hydrogens (tertiary/aromatic N) is 3. The first-order chi connectivity index (χ1) is 18.0. The number of ketones is 1. The Morgan fingerprint density at radius 2 is 1.59 bits per heavy atom. The van der Waals surface area contributed by atoms with Gasteiger partial charge in [-0.2, -0.15) is 0 Å². The third kappa shape index (κ3) is 5.13. The fourth-order valence-corrected chi connectivity index (χ4v) is 4.45. The summed E-state index contributed by atoms with van der Waals surface area (Å²) in [6.07, 6.45) is 2.98. The first kappa shape index (κ1) is 24.0. The molecule has 0 bridgehead atoms. The molecule has 2 aromatic heterocycles. The molecule has 3 aromatic carbocycles. The number of unbranched alkanes of at least 4 members (excludes halogenated alkanes) is 1. The summed E-state index contributed by atoms with van der Waals surface area (Å²) in [7, 11) is 0. The van der Waals surface area contributed by atoms with Crippen LogP contribution in [-0.4, -0.2) is 32.3 Å². The highest BCUT2D eigenvalue weighted by atomic mass is 16.5. The number of nitrogen functional groups attached to an aromatic ring is 1. The molecule has 0 aliphatic carbocycles. The molecular formula is C29H27N5O3. The van der Waals surface area contributed by atoms with E-state index in [0.29, 0.717) is 41.2 Å². The molecule has 8 nitrogen and oxygen atoms in total. The molecule has 1 amide bonds. The van der Waals surface area contributed by atoms with Crippen LogP contribution in [0, 0.1) is 0 Å². The largest absolute Gasteiger partial charge is 0.481 e. The zero-order chi connectivity index (χ0) is 25.8. The Labute approximate surface area is 213 Å². The van der Waals surface area contributed by atoms with E-state index in [1.807, 2.05) is 42.5 Å². The fourth-order valence-electron chi connectivity index (χ4n) is 4.45. The molecule has 0 aliphatic rings. The molecule has 37 heavy (non-hydrogen) atoms. The van der Waals surface area contributed by atoms with E-state index in [4.69, 9.17) is 16.2 Å². The predicted molar refractivity (Wildman–Crippen MR) is 143 cm³/mol. The van der Waals surface area contributed by atoms with E-state index < -0.39 is 12.0 Å². The van der Waals surface area contributed by atoms with Crippen molar-refractivity contribution in [2.24, 2.45) is 5.73 Å². The molecule has 0 saturated heterocycles. The summed E-state index contributed by atoms with van der Waals surface area (Å²) in [6, 6.07) is 23.7. The minimum Gasteiger partial charge on any atom is -0.481 e. The second-order valence-corrected chi connectivity index (χ2v) is 8.87. The molecule has 0 radical (unpaired) electrons. The molecule has 2 heterocycles. The normalized spacial score (nSPS) is 12.0. The van der Waals surface area contributed by atoms with E-state index in [-0.39, 0.29) is 5.78 Å². The smallest absolute Gasteiger partial charge is 0.258 e. The third-order valence-electron chi connectivity index (χ3n) is 6.34. The first-order valence-corrected chi connectivity index (χ1v) is 12.2. The van der Waals surface area contributed by atoms with Crippen molar-refractivity contribution < 1.29 is 14.3 Å². The number of para-hydroxylation sites is 1. The van der Waals surface area contributed by atoms with Crippen LogP contribution in [0.2, 0.25) is 0 Å². The number of amides is 1. The van der Waals surface area contributed by atoms with Crippen LogP contribution in [0.1, 0.15) is 35.2 Å². The van der Waals surface area contributed by atoms with E-state index in [1.165, 1.54) is 0 Å². The van der Waals surface area contributed by atoms with E-state index in [9.17, 15) is 9.59 Å². The monoisotopic (exact) mass is 493 g/mol. The lowest BCUT2D eigenvalue weighted by Crippen LogP contribution is -2.33. The Balaban J connectivity index is 1.21.